The Balaban J connectivity index is -0.000000261. The molecule has 0 spiro atoms. The van der Waals surface area contributed by atoms with Crippen molar-refractivity contribution in [1.82, 2.24) is 0 Å². The lowest BCUT2D eigenvalue weighted by Gasteiger charge is -2.08. The average molecular weight is 575 g/mol. The van der Waals surface area contributed by atoms with Gasteiger partial charge < -0.3 is 4.74 Å². The Hall–Kier alpha value is -2.58. The molecule has 1 unspecified atom stereocenters. The highest BCUT2D eigenvalue weighted by Gasteiger charge is 2.03. The van der Waals surface area contributed by atoms with Crippen molar-refractivity contribution in [3.8, 4) is 5.75 Å². The number of hydrogen-bond donors (Lipinski definition) is 0. The molecule has 1 aromatic rings. The predicted molar refractivity (Wildman–Crippen MR) is 184 cm³/mol. The van der Waals surface area contributed by atoms with Gasteiger partial charge in [-0.1, -0.05) is 126 Å². The Bertz CT molecular complexity index is 873. The summed E-state index contributed by atoms with van der Waals surface area (Å²) in [6, 6.07) is 8.32. The minimum atomic E-state index is -0.268. The summed E-state index contributed by atoms with van der Waals surface area (Å²) < 4.78 is 17.7. The summed E-state index contributed by atoms with van der Waals surface area (Å²) in [5.41, 5.74) is 4.08. The van der Waals surface area contributed by atoms with E-state index in [1.54, 1.807) is 14.0 Å². The van der Waals surface area contributed by atoms with Gasteiger partial charge in [0.1, 0.15) is 11.6 Å². The first-order chi connectivity index (χ1) is 19.2. The van der Waals surface area contributed by atoms with Crippen molar-refractivity contribution in [3.05, 3.63) is 113 Å². The monoisotopic (exact) mass is 574 g/mol. The summed E-state index contributed by atoms with van der Waals surface area (Å²) in [4.78, 5) is 0. The first kappa shape index (κ1) is 44.4. The van der Waals surface area contributed by atoms with Crippen LogP contribution < -0.4 is 4.74 Å². The van der Waals surface area contributed by atoms with Crippen molar-refractivity contribution in [3.63, 3.8) is 0 Å². The zero-order valence-corrected chi connectivity index (χ0v) is 28.5. The Kier molecular flexibility index (Phi) is 38.3. The van der Waals surface area contributed by atoms with Crippen LogP contribution in [0.1, 0.15) is 101 Å². The molecule has 0 fully saturated rings. The first-order valence-electron chi connectivity index (χ1n) is 14.7. The highest BCUT2D eigenvalue weighted by molar-refractivity contribution is 6.29. The molecule has 0 radical (unpaired) electrons. The van der Waals surface area contributed by atoms with E-state index in [1.807, 2.05) is 97.9 Å². The summed E-state index contributed by atoms with van der Waals surface area (Å²) in [7, 11) is 1.70. The van der Waals surface area contributed by atoms with Crippen LogP contribution in [-0.2, 0) is 6.42 Å². The Morgan fingerprint density at radius 3 is 1.88 bits per heavy atom. The fourth-order valence-corrected chi connectivity index (χ4v) is 3.05. The molecule has 0 aliphatic carbocycles. The van der Waals surface area contributed by atoms with E-state index in [4.69, 9.17) is 16.3 Å². The fraction of sp³-hybridized carbons (Fsp3) is 0.459. The molecule has 0 heterocycles. The highest BCUT2D eigenvalue weighted by Crippen LogP contribution is 2.20. The molecule has 228 valence electrons. The number of halogens is 2. The lowest BCUT2D eigenvalue weighted by Crippen LogP contribution is -1.91. The van der Waals surface area contributed by atoms with Crippen LogP contribution in [0.2, 0.25) is 0 Å². The van der Waals surface area contributed by atoms with Crippen LogP contribution in [0.5, 0.6) is 5.75 Å². The molecule has 0 saturated carbocycles. The minimum Gasteiger partial charge on any atom is -0.497 e. The van der Waals surface area contributed by atoms with Gasteiger partial charge in [0.15, 0.2) is 0 Å². The summed E-state index contributed by atoms with van der Waals surface area (Å²) in [6.07, 6.45) is 21.2. The van der Waals surface area contributed by atoms with Gasteiger partial charge in [0.05, 0.1) is 7.11 Å². The van der Waals surface area contributed by atoms with Crippen LogP contribution in [0, 0.1) is 5.92 Å². The van der Waals surface area contributed by atoms with E-state index in [0.29, 0.717) is 5.03 Å². The van der Waals surface area contributed by atoms with E-state index < -0.39 is 0 Å². The van der Waals surface area contributed by atoms with Crippen molar-refractivity contribution < 1.29 is 9.13 Å². The lowest BCUT2D eigenvalue weighted by atomic mass is 9.99. The van der Waals surface area contributed by atoms with Crippen LogP contribution in [0.4, 0.5) is 4.39 Å². The van der Waals surface area contributed by atoms with Gasteiger partial charge in [-0.05, 0) is 95.6 Å². The molecule has 1 aromatic carbocycles. The first-order valence-corrected chi connectivity index (χ1v) is 15.1. The van der Waals surface area contributed by atoms with E-state index in [-0.39, 0.29) is 11.7 Å². The Morgan fingerprint density at radius 1 is 0.975 bits per heavy atom. The van der Waals surface area contributed by atoms with Crippen molar-refractivity contribution in [1.29, 1.82) is 0 Å². The molecule has 0 saturated heterocycles. The molecule has 0 amide bonds. The number of rotatable bonds is 11. The molecule has 0 aliphatic heterocycles. The zero-order chi connectivity index (χ0) is 31.8. The molecule has 1 atom stereocenters. The van der Waals surface area contributed by atoms with Gasteiger partial charge in [-0.15, -0.1) is 0 Å². The summed E-state index contributed by atoms with van der Waals surface area (Å²) in [6.45, 7) is 25.7. The van der Waals surface area contributed by atoms with Crippen LogP contribution in [-0.4, -0.2) is 7.11 Å². The molecule has 0 N–H and O–H groups in total. The maximum atomic E-state index is 12.6. The summed E-state index contributed by atoms with van der Waals surface area (Å²) >= 11 is 5.79. The fourth-order valence-electron chi connectivity index (χ4n) is 2.79. The average Bonchev–Trinajstić information content (AvgIpc) is 3.01. The predicted octanol–water partition coefficient (Wildman–Crippen LogP) is 13.3. The SMILES string of the molecule is C/C=C(F)\C=C(\Cl)C(C)CC.C/C=C\C=C/C.C=C/C=C(CCCc1ccc(OC)cc1)\C(C)=C/C.CC.CC. The standard InChI is InChI=1S/C18H24O.C9H14ClF.C6H10.2C2H6/c1-5-8-17(15(3)6-2)10-7-9-16-11-13-18(19-4)14-12-16;1-4-7(3)9(10)6-8(11)5-2;1-3-5-6-4-2;2*1-2/h5-6,8,11-14H,1,7,9-10H2,2-4H3;5-7H,4H2,1-3H3;3-6H,1-2H3;2*1-2H3/b15-6-,17-8-;8-5+,9-6+;5-3-,6-4-;;. The van der Waals surface area contributed by atoms with Crippen molar-refractivity contribution >= 4 is 11.6 Å². The number of allylic oxidation sites excluding steroid dienone is 13. The van der Waals surface area contributed by atoms with Crippen molar-refractivity contribution in [2.75, 3.05) is 7.11 Å². The molecule has 3 heteroatoms. The molecular formula is C37H60ClFO. The number of ether oxygens (including phenoxy) is 1. The second-order valence-corrected chi connectivity index (χ2v) is 8.60. The van der Waals surface area contributed by atoms with Crippen LogP contribution in [0.3, 0.4) is 0 Å². The van der Waals surface area contributed by atoms with Crippen LogP contribution in [0.15, 0.2) is 108 Å². The molecule has 0 aromatic heterocycles. The van der Waals surface area contributed by atoms with Gasteiger partial charge in [-0.3, -0.25) is 0 Å². The smallest absolute Gasteiger partial charge is 0.120 e. The molecule has 0 bridgehead atoms. The molecule has 0 aliphatic rings. The number of aryl methyl sites for hydroxylation is 1. The van der Waals surface area contributed by atoms with Crippen LogP contribution >= 0.6 is 11.6 Å². The second-order valence-electron chi connectivity index (χ2n) is 8.16. The number of benzene rings is 1. The quantitative estimate of drug-likeness (QED) is 0.239. The number of methoxy groups -OCH3 is 1. The van der Waals surface area contributed by atoms with Gasteiger partial charge in [-0.2, -0.15) is 0 Å². The maximum Gasteiger partial charge on any atom is 0.120 e. The minimum absolute atomic E-state index is 0.252. The zero-order valence-electron chi connectivity index (χ0n) is 27.8. The van der Waals surface area contributed by atoms with Gasteiger partial charge in [0.2, 0.25) is 0 Å². The van der Waals surface area contributed by atoms with Crippen molar-refractivity contribution in [2.24, 2.45) is 5.92 Å². The molecule has 1 nitrogen and oxygen atoms in total. The van der Waals surface area contributed by atoms with E-state index >= 15 is 0 Å². The highest BCUT2D eigenvalue weighted by atomic mass is 35.5. The van der Waals surface area contributed by atoms with Crippen molar-refractivity contribution in [2.45, 2.75) is 102 Å². The van der Waals surface area contributed by atoms with E-state index in [2.05, 4.69) is 44.7 Å². The third-order valence-corrected chi connectivity index (χ3v) is 5.94. The molecule has 40 heavy (non-hydrogen) atoms. The summed E-state index contributed by atoms with van der Waals surface area (Å²) in [5.74, 6) is 0.901. The third-order valence-electron chi connectivity index (χ3n) is 5.46. The second kappa shape index (κ2) is 34.4. The van der Waals surface area contributed by atoms with Gasteiger partial charge in [0.25, 0.3) is 0 Å². The van der Waals surface area contributed by atoms with Gasteiger partial charge in [-0.25, -0.2) is 4.39 Å². The maximum absolute atomic E-state index is 12.6. The van der Waals surface area contributed by atoms with Crippen LogP contribution in [0.25, 0.3) is 0 Å². The van der Waals surface area contributed by atoms with E-state index in [9.17, 15) is 4.39 Å². The van der Waals surface area contributed by atoms with Gasteiger partial charge in [0, 0.05) is 5.03 Å². The molecule has 1 rings (SSSR count). The molecular weight excluding hydrogens is 515 g/mol. The lowest BCUT2D eigenvalue weighted by molar-refractivity contribution is 0.414. The normalized spacial score (nSPS) is 12.6. The Morgan fingerprint density at radius 2 is 1.50 bits per heavy atom. The van der Waals surface area contributed by atoms with E-state index in [0.717, 1.165) is 31.4 Å². The third kappa shape index (κ3) is 27.0. The number of hydrogen-bond acceptors (Lipinski definition) is 1. The topological polar surface area (TPSA) is 9.23 Å². The van der Waals surface area contributed by atoms with E-state index in [1.165, 1.54) is 28.9 Å². The largest absolute Gasteiger partial charge is 0.497 e. The summed E-state index contributed by atoms with van der Waals surface area (Å²) in [5, 5.41) is 0.586. The van der Waals surface area contributed by atoms with Gasteiger partial charge >= 0.3 is 0 Å². The Labute approximate surface area is 254 Å².